The van der Waals surface area contributed by atoms with E-state index < -0.39 is 0 Å². The lowest BCUT2D eigenvalue weighted by molar-refractivity contribution is 0.173. The lowest BCUT2D eigenvalue weighted by Gasteiger charge is -2.10. The Labute approximate surface area is 124 Å². The summed E-state index contributed by atoms with van der Waals surface area (Å²) in [6.45, 7) is 5.59. The first-order valence-corrected chi connectivity index (χ1v) is 7.02. The minimum atomic E-state index is 0.294. The zero-order valence-electron chi connectivity index (χ0n) is 12.3. The van der Waals surface area contributed by atoms with Gasteiger partial charge in [0.1, 0.15) is 5.75 Å². The number of nitrogens with one attached hydrogen (secondary N) is 1. The Kier molecular flexibility index (Phi) is 3.71. The molecule has 3 rings (SSSR count). The van der Waals surface area contributed by atoms with Crippen molar-refractivity contribution in [2.75, 3.05) is 6.79 Å². The second kappa shape index (κ2) is 5.66. The van der Waals surface area contributed by atoms with E-state index in [9.17, 15) is 5.11 Å². The molecule has 1 aliphatic heterocycles. The van der Waals surface area contributed by atoms with Crippen LogP contribution in [0.1, 0.15) is 22.3 Å². The van der Waals surface area contributed by atoms with Crippen LogP contribution < -0.4 is 14.8 Å². The van der Waals surface area contributed by atoms with Gasteiger partial charge < -0.3 is 19.9 Å². The quantitative estimate of drug-likeness (QED) is 0.906. The fourth-order valence-corrected chi connectivity index (χ4v) is 2.62. The van der Waals surface area contributed by atoms with Gasteiger partial charge in [0.2, 0.25) is 6.79 Å². The molecule has 1 heterocycles. The molecule has 0 saturated heterocycles. The monoisotopic (exact) mass is 285 g/mol. The van der Waals surface area contributed by atoms with Gasteiger partial charge in [-0.2, -0.15) is 0 Å². The second-order valence-corrected chi connectivity index (χ2v) is 5.33. The summed E-state index contributed by atoms with van der Waals surface area (Å²) in [7, 11) is 0. The largest absolute Gasteiger partial charge is 0.507 e. The molecular formula is C17H19NO3. The maximum Gasteiger partial charge on any atom is 0.231 e. The normalized spacial score (nSPS) is 12.7. The number of phenols is 1. The molecule has 0 saturated carbocycles. The van der Waals surface area contributed by atoms with Crippen molar-refractivity contribution in [3.8, 4) is 17.2 Å². The third-order valence-electron chi connectivity index (χ3n) is 3.67. The average Bonchev–Trinajstić information content (AvgIpc) is 2.94. The van der Waals surface area contributed by atoms with Crippen LogP contribution in [0, 0.1) is 13.8 Å². The van der Waals surface area contributed by atoms with Gasteiger partial charge in [0.05, 0.1) is 0 Å². The third kappa shape index (κ3) is 2.81. The minimum absolute atomic E-state index is 0.294. The lowest BCUT2D eigenvalue weighted by Crippen LogP contribution is -2.13. The number of fused-ring (bicyclic) bond motifs is 1. The van der Waals surface area contributed by atoms with Crippen molar-refractivity contribution in [1.82, 2.24) is 5.32 Å². The molecule has 0 radical (unpaired) electrons. The molecule has 0 aliphatic carbocycles. The van der Waals surface area contributed by atoms with Crippen molar-refractivity contribution in [2.24, 2.45) is 0 Å². The van der Waals surface area contributed by atoms with Crippen LogP contribution in [0.2, 0.25) is 0 Å². The molecule has 4 heteroatoms. The van der Waals surface area contributed by atoms with E-state index in [1.807, 2.05) is 44.2 Å². The van der Waals surface area contributed by atoms with Crippen LogP contribution in [-0.4, -0.2) is 11.9 Å². The second-order valence-electron chi connectivity index (χ2n) is 5.33. The van der Waals surface area contributed by atoms with Gasteiger partial charge in [-0.15, -0.1) is 0 Å². The number of rotatable bonds is 4. The van der Waals surface area contributed by atoms with Gasteiger partial charge in [-0.3, -0.25) is 0 Å². The lowest BCUT2D eigenvalue weighted by atomic mass is 10.1. The Morgan fingerprint density at radius 3 is 2.62 bits per heavy atom. The zero-order valence-corrected chi connectivity index (χ0v) is 12.3. The van der Waals surface area contributed by atoms with E-state index in [1.54, 1.807) is 0 Å². The Hall–Kier alpha value is -2.20. The van der Waals surface area contributed by atoms with Gasteiger partial charge in [-0.1, -0.05) is 24.3 Å². The molecule has 21 heavy (non-hydrogen) atoms. The van der Waals surface area contributed by atoms with Gasteiger partial charge >= 0.3 is 0 Å². The van der Waals surface area contributed by atoms with Gasteiger partial charge in [0.25, 0.3) is 0 Å². The highest BCUT2D eigenvalue weighted by Crippen LogP contribution is 2.35. The summed E-state index contributed by atoms with van der Waals surface area (Å²) in [4.78, 5) is 0. The fraction of sp³-hybridized carbons (Fsp3) is 0.294. The Bertz CT molecular complexity index is 644. The maximum absolute atomic E-state index is 9.79. The van der Waals surface area contributed by atoms with Crippen LogP contribution in [0.4, 0.5) is 0 Å². The molecule has 0 unspecified atom stereocenters. The smallest absolute Gasteiger partial charge is 0.231 e. The molecule has 110 valence electrons. The van der Waals surface area contributed by atoms with E-state index in [1.165, 1.54) is 0 Å². The molecule has 2 N–H and O–H groups in total. The summed E-state index contributed by atoms with van der Waals surface area (Å²) >= 11 is 0. The Morgan fingerprint density at radius 1 is 1.10 bits per heavy atom. The Balaban J connectivity index is 1.66. The number of phenolic OH excluding ortho intramolecular Hbond substituents is 1. The molecule has 0 atom stereocenters. The topological polar surface area (TPSA) is 50.7 Å². The van der Waals surface area contributed by atoms with Crippen molar-refractivity contribution >= 4 is 0 Å². The number of ether oxygens (including phenoxy) is 2. The molecule has 1 aliphatic rings. The first-order chi connectivity index (χ1) is 10.1. The highest BCUT2D eigenvalue weighted by atomic mass is 16.7. The summed E-state index contributed by atoms with van der Waals surface area (Å²) < 4.78 is 10.9. The van der Waals surface area contributed by atoms with E-state index in [0.717, 1.165) is 40.3 Å². The van der Waals surface area contributed by atoms with Gasteiger partial charge in [-0.25, -0.2) is 0 Å². The summed E-state index contributed by atoms with van der Waals surface area (Å²) in [5, 5.41) is 13.2. The van der Waals surface area contributed by atoms with E-state index in [0.29, 0.717) is 19.1 Å². The van der Waals surface area contributed by atoms with Gasteiger partial charge in [0.15, 0.2) is 11.5 Å². The molecule has 2 aromatic rings. The number of aromatic hydroxyl groups is 1. The SMILES string of the molecule is Cc1cc(CNCc2cccc3c2OCO3)cc(C)c1O. The summed E-state index contributed by atoms with van der Waals surface area (Å²) in [6.07, 6.45) is 0. The highest BCUT2D eigenvalue weighted by Gasteiger charge is 2.16. The Morgan fingerprint density at radius 2 is 1.86 bits per heavy atom. The zero-order chi connectivity index (χ0) is 14.8. The maximum atomic E-state index is 9.79. The van der Waals surface area contributed by atoms with Crippen molar-refractivity contribution in [2.45, 2.75) is 26.9 Å². The number of aryl methyl sites for hydroxylation is 2. The van der Waals surface area contributed by atoms with Crippen molar-refractivity contribution in [1.29, 1.82) is 0 Å². The van der Waals surface area contributed by atoms with E-state index >= 15 is 0 Å². The number of benzene rings is 2. The van der Waals surface area contributed by atoms with Crippen LogP contribution in [-0.2, 0) is 13.1 Å². The molecule has 0 amide bonds. The minimum Gasteiger partial charge on any atom is -0.507 e. The van der Waals surface area contributed by atoms with Crippen LogP contribution in [0.15, 0.2) is 30.3 Å². The molecule has 4 nitrogen and oxygen atoms in total. The molecule has 2 aromatic carbocycles. The van der Waals surface area contributed by atoms with E-state index in [4.69, 9.17) is 9.47 Å². The highest BCUT2D eigenvalue weighted by molar-refractivity contribution is 5.48. The molecule has 0 bridgehead atoms. The molecular weight excluding hydrogens is 266 g/mol. The number of hydrogen-bond donors (Lipinski definition) is 2. The van der Waals surface area contributed by atoms with Crippen LogP contribution in [0.25, 0.3) is 0 Å². The fourth-order valence-electron chi connectivity index (χ4n) is 2.62. The predicted octanol–water partition coefficient (Wildman–Crippen LogP) is 3.03. The molecule has 0 aromatic heterocycles. The van der Waals surface area contributed by atoms with E-state index in [2.05, 4.69) is 5.32 Å². The number of hydrogen-bond acceptors (Lipinski definition) is 4. The van der Waals surface area contributed by atoms with Crippen LogP contribution in [0.5, 0.6) is 17.2 Å². The van der Waals surface area contributed by atoms with Crippen molar-refractivity contribution < 1.29 is 14.6 Å². The van der Waals surface area contributed by atoms with Crippen LogP contribution >= 0.6 is 0 Å². The summed E-state index contributed by atoms with van der Waals surface area (Å²) in [5.41, 5.74) is 4.07. The van der Waals surface area contributed by atoms with Crippen molar-refractivity contribution in [3.63, 3.8) is 0 Å². The van der Waals surface area contributed by atoms with E-state index in [-0.39, 0.29) is 0 Å². The first-order valence-electron chi connectivity index (χ1n) is 7.02. The first kappa shape index (κ1) is 13.8. The average molecular weight is 285 g/mol. The van der Waals surface area contributed by atoms with Crippen molar-refractivity contribution in [3.05, 3.63) is 52.6 Å². The number of para-hydroxylation sites is 1. The van der Waals surface area contributed by atoms with Gasteiger partial charge in [-0.05, 0) is 36.6 Å². The predicted molar refractivity (Wildman–Crippen MR) is 80.7 cm³/mol. The standard InChI is InChI=1S/C17H19NO3/c1-11-6-13(7-12(2)16(11)19)8-18-9-14-4-3-5-15-17(14)21-10-20-15/h3-7,18-19H,8-10H2,1-2H3. The molecule has 0 spiro atoms. The van der Waals surface area contributed by atoms with Crippen LogP contribution in [0.3, 0.4) is 0 Å². The summed E-state index contributed by atoms with van der Waals surface area (Å²) in [5.74, 6) is 2.03. The van der Waals surface area contributed by atoms with Gasteiger partial charge in [0, 0.05) is 18.7 Å². The molecule has 0 fully saturated rings. The summed E-state index contributed by atoms with van der Waals surface area (Å²) in [6, 6.07) is 9.93. The third-order valence-corrected chi connectivity index (χ3v) is 3.67.